The Bertz CT molecular complexity index is 252. The molecule has 0 aliphatic carbocycles. The third-order valence-electron chi connectivity index (χ3n) is 2.85. The third-order valence-corrected chi connectivity index (χ3v) is 13.9. The molecule has 0 saturated carbocycles. The van der Waals surface area contributed by atoms with E-state index in [2.05, 4.69) is 0 Å². The molecule has 0 aliphatic heterocycles. The SMILES string of the molecule is CC[O][Sn]([CH2]CCC(F)(F)F)([CH2]CCC(F)(F)F)[O]CC. The van der Waals surface area contributed by atoms with Crippen LogP contribution in [0.25, 0.3) is 0 Å². The van der Waals surface area contributed by atoms with E-state index in [1.165, 1.54) is 0 Å². The van der Waals surface area contributed by atoms with Gasteiger partial charge in [-0.2, -0.15) is 0 Å². The fourth-order valence-electron chi connectivity index (χ4n) is 2.10. The molecule has 0 N–H and O–H groups in total. The Balaban J connectivity index is 4.57. The number of rotatable bonds is 10. The molecule has 0 saturated heterocycles. The van der Waals surface area contributed by atoms with Gasteiger partial charge in [-0.3, -0.25) is 0 Å². The maximum atomic E-state index is 12.2. The molecule has 0 aromatic heterocycles. The van der Waals surface area contributed by atoms with Crippen LogP contribution in [0.3, 0.4) is 0 Å². The van der Waals surface area contributed by atoms with Crippen molar-refractivity contribution >= 4 is 19.2 Å². The molecule has 0 aliphatic rings. The van der Waals surface area contributed by atoms with Crippen molar-refractivity contribution in [1.82, 2.24) is 0 Å². The van der Waals surface area contributed by atoms with Gasteiger partial charge >= 0.3 is 126 Å². The minimum atomic E-state index is -4.26. The van der Waals surface area contributed by atoms with Crippen LogP contribution in [0.15, 0.2) is 0 Å². The van der Waals surface area contributed by atoms with Crippen LogP contribution >= 0.6 is 0 Å². The van der Waals surface area contributed by atoms with Gasteiger partial charge in [0.15, 0.2) is 0 Å². The summed E-state index contributed by atoms with van der Waals surface area (Å²) in [6.07, 6.45) is -10.7. The Hall–Kier alpha value is 0.299. The standard InChI is InChI=1S/2C4H6F3.2C2H5O.Sn/c2*1-2-3-4(5,6)7;2*1-2-3;/h2*1-3H2;2*2H2,1H3;/q;;2*-1;+2. The monoisotopic (exact) mass is 432 g/mol. The van der Waals surface area contributed by atoms with E-state index in [0.29, 0.717) is 0 Å². The molecular formula is C12H22F6O2Sn. The molecule has 0 rings (SSSR count). The van der Waals surface area contributed by atoms with Crippen molar-refractivity contribution in [2.24, 2.45) is 0 Å². The van der Waals surface area contributed by atoms with Crippen LogP contribution in [0, 0.1) is 0 Å². The van der Waals surface area contributed by atoms with E-state index < -0.39 is 44.4 Å². The molecule has 0 spiro atoms. The van der Waals surface area contributed by atoms with Gasteiger partial charge in [0.2, 0.25) is 0 Å². The van der Waals surface area contributed by atoms with Crippen LogP contribution < -0.4 is 0 Å². The topological polar surface area (TPSA) is 18.5 Å². The van der Waals surface area contributed by atoms with Gasteiger partial charge in [0.25, 0.3) is 0 Å². The molecule has 0 aromatic rings. The van der Waals surface area contributed by atoms with E-state index in [1.807, 2.05) is 0 Å². The van der Waals surface area contributed by atoms with E-state index in [-0.39, 0.29) is 34.9 Å². The molecule has 0 aromatic carbocycles. The van der Waals surface area contributed by atoms with E-state index in [4.69, 9.17) is 6.15 Å². The van der Waals surface area contributed by atoms with Crippen molar-refractivity contribution < 1.29 is 32.5 Å². The first kappa shape index (κ1) is 21.3. The quantitative estimate of drug-likeness (QED) is 0.351. The van der Waals surface area contributed by atoms with Gasteiger partial charge in [-0.1, -0.05) is 0 Å². The molecule has 9 heteroatoms. The van der Waals surface area contributed by atoms with Crippen molar-refractivity contribution in [2.45, 2.75) is 60.8 Å². The summed E-state index contributed by atoms with van der Waals surface area (Å²) in [5, 5.41) is 0. The second-order valence-corrected chi connectivity index (χ2v) is 14.4. The predicted molar refractivity (Wildman–Crippen MR) is 69.2 cm³/mol. The van der Waals surface area contributed by atoms with Gasteiger partial charge in [0.05, 0.1) is 0 Å². The number of alkyl halides is 6. The Morgan fingerprint density at radius 2 is 1.05 bits per heavy atom. The van der Waals surface area contributed by atoms with Crippen molar-refractivity contribution in [3.05, 3.63) is 0 Å². The molecule has 0 unspecified atom stereocenters. The Morgan fingerprint density at radius 3 is 1.29 bits per heavy atom. The first-order chi connectivity index (χ1) is 9.54. The van der Waals surface area contributed by atoms with Gasteiger partial charge in [-0.15, -0.1) is 0 Å². The molecular weight excluding hydrogens is 409 g/mol. The molecule has 2 nitrogen and oxygen atoms in total. The molecule has 0 fully saturated rings. The van der Waals surface area contributed by atoms with Gasteiger partial charge in [0, 0.05) is 0 Å². The van der Waals surface area contributed by atoms with Gasteiger partial charge in [0.1, 0.15) is 0 Å². The normalized spacial score (nSPS) is 13.7. The van der Waals surface area contributed by atoms with Crippen molar-refractivity contribution in [2.75, 3.05) is 13.2 Å². The van der Waals surface area contributed by atoms with Crippen molar-refractivity contribution in [3.8, 4) is 0 Å². The fraction of sp³-hybridized carbons (Fsp3) is 1.00. The van der Waals surface area contributed by atoms with Crippen LogP contribution in [0.2, 0.25) is 8.87 Å². The van der Waals surface area contributed by atoms with Crippen molar-refractivity contribution in [3.63, 3.8) is 0 Å². The molecule has 21 heavy (non-hydrogen) atoms. The average Bonchev–Trinajstić information content (AvgIpc) is 2.26. The van der Waals surface area contributed by atoms with Crippen LogP contribution in [0.1, 0.15) is 39.5 Å². The van der Waals surface area contributed by atoms with E-state index in [1.54, 1.807) is 13.8 Å². The summed E-state index contributed by atoms with van der Waals surface area (Å²) in [7, 11) is 0. The summed E-state index contributed by atoms with van der Waals surface area (Å²) in [6.45, 7) is 3.87. The molecule has 0 bridgehead atoms. The Morgan fingerprint density at radius 1 is 0.714 bits per heavy atom. The zero-order valence-corrected chi connectivity index (χ0v) is 15.1. The molecule has 0 heterocycles. The fourth-order valence-corrected chi connectivity index (χ4v) is 11.8. The summed E-state index contributed by atoms with van der Waals surface area (Å²) in [4.78, 5) is 0. The Kier molecular flexibility index (Phi) is 9.57. The number of halogens is 6. The second-order valence-electron chi connectivity index (χ2n) is 4.71. The summed E-state index contributed by atoms with van der Waals surface area (Å²) in [6, 6.07) is 0. The first-order valence-electron chi connectivity index (χ1n) is 6.95. The van der Waals surface area contributed by atoms with Crippen LogP contribution in [0.4, 0.5) is 26.3 Å². The van der Waals surface area contributed by atoms with E-state index >= 15 is 0 Å². The number of hydrogen-bond acceptors (Lipinski definition) is 2. The molecule has 0 radical (unpaired) electrons. The predicted octanol–water partition coefficient (Wildman–Crippen LogP) is 5.19. The first-order valence-corrected chi connectivity index (χ1v) is 13.3. The van der Waals surface area contributed by atoms with E-state index in [0.717, 1.165) is 0 Å². The zero-order valence-electron chi connectivity index (χ0n) is 12.2. The summed E-state index contributed by atoms with van der Waals surface area (Å²) in [5.41, 5.74) is 0. The molecule has 0 amide bonds. The summed E-state index contributed by atoms with van der Waals surface area (Å²) < 4.78 is 84.6. The van der Waals surface area contributed by atoms with E-state index in [9.17, 15) is 26.3 Å². The van der Waals surface area contributed by atoms with Crippen molar-refractivity contribution in [1.29, 1.82) is 0 Å². The third kappa shape index (κ3) is 11.5. The average molecular weight is 431 g/mol. The summed E-state index contributed by atoms with van der Waals surface area (Å²) >= 11 is -3.83. The number of hydrogen-bond donors (Lipinski definition) is 0. The van der Waals surface area contributed by atoms with Gasteiger partial charge < -0.3 is 0 Å². The zero-order chi connectivity index (χ0) is 16.6. The second kappa shape index (κ2) is 9.44. The van der Waals surface area contributed by atoms with Gasteiger partial charge in [-0.05, 0) is 0 Å². The molecule has 128 valence electrons. The molecule has 0 atom stereocenters. The van der Waals surface area contributed by atoms with Gasteiger partial charge in [-0.25, -0.2) is 0 Å². The summed E-state index contributed by atoms with van der Waals surface area (Å²) in [5.74, 6) is 0. The minimum absolute atomic E-state index is 0.133. The maximum absolute atomic E-state index is 12.2. The Labute approximate surface area is 126 Å². The van der Waals surface area contributed by atoms with Crippen LogP contribution in [-0.2, 0) is 6.15 Å². The van der Waals surface area contributed by atoms with Crippen LogP contribution in [0.5, 0.6) is 0 Å². The van der Waals surface area contributed by atoms with Crippen LogP contribution in [-0.4, -0.2) is 44.8 Å².